The van der Waals surface area contributed by atoms with Gasteiger partial charge in [0.05, 0.1) is 6.61 Å². The molecule has 0 aliphatic rings. The Morgan fingerprint density at radius 1 is 1.60 bits per heavy atom. The van der Waals surface area contributed by atoms with Crippen molar-refractivity contribution >= 4 is 5.97 Å². The summed E-state index contributed by atoms with van der Waals surface area (Å²) >= 11 is 0. The maximum absolute atomic E-state index is 10.6. The highest BCUT2D eigenvalue weighted by Gasteiger charge is 1.98. The number of carbonyl (C=O) groups excluding carboxylic acids is 1. The third kappa shape index (κ3) is 5.56. The molecule has 1 radical (unpaired) electrons. The first-order valence-corrected chi connectivity index (χ1v) is 3.25. The molecule has 3 nitrogen and oxygen atoms in total. The molecule has 0 aliphatic carbocycles. The molecule has 0 aliphatic heterocycles. The molecule has 0 N–H and O–H groups in total. The third-order valence-corrected chi connectivity index (χ3v) is 0.920. The van der Waals surface area contributed by atoms with Crippen LogP contribution in [-0.2, 0) is 14.3 Å². The van der Waals surface area contributed by atoms with E-state index in [4.69, 9.17) is 4.74 Å². The van der Waals surface area contributed by atoms with Crippen LogP contribution in [0.5, 0.6) is 0 Å². The molecule has 0 aromatic carbocycles. The molecule has 0 atom stereocenters. The van der Waals surface area contributed by atoms with Gasteiger partial charge in [-0.2, -0.15) is 0 Å². The molecule has 0 amide bonds. The monoisotopic (exact) mass is 145 g/mol. The fraction of sp³-hybridized carbons (Fsp3) is 0.714. The van der Waals surface area contributed by atoms with Gasteiger partial charge in [0.1, 0.15) is 6.61 Å². The topological polar surface area (TPSA) is 35.5 Å². The van der Waals surface area contributed by atoms with Crippen LogP contribution in [0.1, 0.15) is 12.8 Å². The Hall–Kier alpha value is -0.570. The highest BCUT2D eigenvalue weighted by molar-refractivity contribution is 5.70. The Labute approximate surface area is 61.3 Å². The molecule has 3 heteroatoms. The van der Waals surface area contributed by atoms with Gasteiger partial charge in [0, 0.05) is 7.11 Å². The first-order chi connectivity index (χ1) is 4.81. The molecular weight excluding hydrogens is 132 g/mol. The van der Waals surface area contributed by atoms with Crippen LogP contribution in [0.4, 0.5) is 0 Å². The lowest BCUT2D eigenvalue weighted by Gasteiger charge is -2.01. The van der Waals surface area contributed by atoms with Gasteiger partial charge < -0.3 is 9.47 Å². The van der Waals surface area contributed by atoms with Gasteiger partial charge in [-0.3, -0.25) is 0 Å². The Morgan fingerprint density at radius 3 is 2.80 bits per heavy atom. The first-order valence-electron chi connectivity index (χ1n) is 3.25. The summed E-state index contributed by atoms with van der Waals surface area (Å²) in [7, 11) is 1.46. The summed E-state index contributed by atoms with van der Waals surface area (Å²) in [4.78, 5) is 10.6. The molecule has 0 heterocycles. The summed E-state index contributed by atoms with van der Waals surface area (Å²) in [5, 5.41) is 0. The van der Waals surface area contributed by atoms with E-state index in [-0.39, 0.29) is 12.6 Å². The van der Waals surface area contributed by atoms with Crippen LogP contribution in [-0.4, -0.2) is 26.3 Å². The zero-order chi connectivity index (χ0) is 7.82. The number of ether oxygens (including phenoxy) is 2. The van der Waals surface area contributed by atoms with Crippen molar-refractivity contribution in [2.75, 3.05) is 20.3 Å². The molecule has 59 valence electrons. The van der Waals surface area contributed by atoms with Crippen LogP contribution in [0.3, 0.4) is 0 Å². The lowest BCUT2D eigenvalue weighted by atomic mass is 10.4. The number of hydrogen-bond acceptors (Lipinski definition) is 3. The van der Waals surface area contributed by atoms with E-state index in [1.165, 1.54) is 7.11 Å². The quantitative estimate of drug-likeness (QED) is 0.424. The van der Waals surface area contributed by atoms with E-state index >= 15 is 0 Å². The normalized spacial score (nSPS) is 9.40. The standard InChI is InChI=1S/C7H13O3/c1-3-4-5-10-7(8)6-9-2/h1,3-6H2,2H3. The molecule has 0 unspecified atom stereocenters. The molecule has 0 fully saturated rings. The van der Waals surface area contributed by atoms with Crippen LogP contribution in [0.2, 0.25) is 0 Å². The lowest BCUT2D eigenvalue weighted by Crippen LogP contribution is -2.11. The largest absolute Gasteiger partial charge is 0.464 e. The van der Waals surface area contributed by atoms with E-state index in [1.54, 1.807) is 0 Å². The van der Waals surface area contributed by atoms with E-state index in [1.807, 2.05) is 0 Å². The van der Waals surface area contributed by atoms with Crippen molar-refractivity contribution in [1.29, 1.82) is 0 Å². The van der Waals surface area contributed by atoms with Crippen LogP contribution >= 0.6 is 0 Å². The Morgan fingerprint density at radius 2 is 2.30 bits per heavy atom. The average Bonchev–Trinajstić information content (AvgIpc) is 1.89. The smallest absolute Gasteiger partial charge is 0.332 e. The Balaban J connectivity index is 3.05. The van der Waals surface area contributed by atoms with Gasteiger partial charge >= 0.3 is 5.97 Å². The Kier molecular flexibility index (Phi) is 6.18. The zero-order valence-corrected chi connectivity index (χ0v) is 6.26. The average molecular weight is 145 g/mol. The van der Waals surface area contributed by atoms with Crippen LogP contribution in [0, 0.1) is 6.92 Å². The number of esters is 1. The van der Waals surface area contributed by atoms with Gasteiger partial charge in [0.2, 0.25) is 0 Å². The summed E-state index contributed by atoms with van der Waals surface area (Å²) < 4.78 is 9.26. The highest BCUT2D eigenvalue weighted by atomic mass is 16.6. The van der Waals surface area contributed by atoms with E-state index in [0.717, 1.165) is 12.8 Å². The molecule has 10 heavy (non-hydrogen) atoms. The summed E-state index contributed by atoms with van der Waals surface area (Å²) in [6.07, 6.45) is 1.61. The minimum absolute atomic E-state index is 0.0388. The number of methoxy groups -OCH3 is 1. The molecule has 0 aromatic heterocycles. The van der Waals surface area contributed by atoms with E-state index in [9.17, 15) is 4.79 Å². The van der Waals surface area contributed by atoms with Crippen LogP contribution in [0.25, 0.3) is 0 Å². The molecule has 0 saturated carbocycles. The Bertz CT molecular complexity index is 90.9. The van der Waals surface area contributed by atoms with Crippen molar-refractivity contribution < 1.29 is 14.3 Å². The van der Waals surface area contributed by atoms with Gasteiger partial charge in [0.25, 0.3) is 0 Å². The summed E-state index contributed by atoms with van der Waals surface area (Å²) in [6.45, 7) is 4.09. The van der Waals surface area contributed by atoms with Gasteiger partial charge in [-0.05, 0) is 6.42 Å². The minimum Gasteiger partial charge on any atom is -0.464 e. The number of unbranched alkanes of at least 4 members (excludes halogenated alkanes) is 1. The number of carbonyl (C=O) groups is 1. The molecule has 0 spiro atoms. The van der Waals surface area contributed by atoms with E-state index < -0.39 is 0 Å². The molecular formula is C7H13O3. The lowest BCUT2D eigenvalue weighted by molar-refractivity contribution is -0.147. The minimum atomic E-state index is -0.309. The van der Waals surface area contributed by atoms with Crippen molar-refractivity contribution in [2.24, 2.45) is 0 Å². The molecule has 0 aromatic rings. The summed E-state index contributed by atoms with van der Waals surface area (Å²) in [6, 6.07) is 0. The van der Waals surface area contributed by atoms with Crippen molar-refractivity contribution in [3.63, 3.8) is 0 Å². The van der Waals surface area contributed by atoms with Crippen LogP contribution in [0.15, 0.2) is 0 Å². The second-order valence-corrected chi connectivity index (χ2v) is 1.86. The first kappa shape index (κ1) is 9.43. The maximum Gasteiger partial charge on any atom is 0.332 e. The predicted molar refractivity (Wildman–Crippen MR) is 37.4 cm³/mol. The van der Waals surface area contributed by atoms with Crippen LogP contribution < -0.4 is 0 Å². The van der Waals surface area contributed by atoms with E-state index in [0.29, 0.717) is 6.61 Å². The van der Waals surface area contributed by atoms with Crippen molar-refractivity contribution in [1.82, 2.24) is 0 Å². The second-order valence-electron chi connectivity index (χ2n) is 1.86. The van der Waals surface area contributed by atoms with Crippen molar-refractivity contribution in [3.05, 3.63) is 6.92 Å². The second kappa shape index (κ2) is 6.55. The van der Waals surface area contributed by atoms with Gasteiger partial charge in [-0.25, -0.2) is 4.79 Å². The predicted octanol–water partition coefficient (Wildman–Crippen LogP) is 0.790. The van der Waals surface area contributed by atoms with E-state index in [2.05, 4.69) is 11.7 Å². The van der Waals surface area contributed by atoms with Gasteiger partial charge in [0.15, 0.2) is 0 Å². The van der Waals surface area contributed by atoms with Crippen molar-refractivity contribution in [2.45, 2.75) is 12.8 Å². The highest BCUT2D eigenvalue weighted by Crippen LogP contribution is 1.87. The number of rotatable bonds is 5. The van der Waals surface area contributed by atoms with Crippen molar-refractivity contribution in [3.8, 4) is 0 Å². The fourth-order valence-electron chi connectivity index (χ4n) is 0.448. The molecule has 0 saturated heterocycles. The summed E-state index contributed by atoms with van der Waals surface area (Å²) in [5.41, 5.74) is 0. The third-order valence-electron chi connectivity index (χ3n) is 0.920. The molecule has 0 rings (SSSR count). The van der Waals surface area contributed by atoms with Gasteiger partial charge in [-0.1, -0.05) is 13.3 Å². The SMILES string of the molecule is [CH2]CCCOC(=O)COC. The fourth-order valence-corrected chi connectivity index (χ4v) is 0.448. The maximum atomic E-state index is 10.6. The number of hydrogen-bond donors (Lipinski definition) is 0. The van der Waals surface area contributed by atoms with Gasteiger partial charge in [-0.15, -0.1) is 0 Å². The molecule has 0 bridgehead atoms. The summed E-state index contributed by atoms with van der Waals surface area (Å²) in [5.74, 6) is -0.309. The zero-order valence-electron chi connectivity index (χ0n) is 6.26.